The third-order valence-corrected chi connectivity index (χ3v) is 5.73. The maximum Gasteiger partial charge on any atom is 0.269 e. The van der Waals surface area contributed by atoms with Gasteiger partial charge in [-0.25, -0.2) is 4.98 Å². The van der Waals surface area contributed by atoms with Gasteiger partial charge in [0.05, 0.1) is 6.42 Å². The van der Waals surface area contributed by atoms with E-state index in [4.69, 9.17) is 0 Å². The van der Waals surface area contributed by atoms with E-state index in [2.05, 4.69) is 27.9 Å². The predicted molar refractivity (Wildman–Crippen MR) is 109 cm³/mol. The number of nitrogens with one attached hydrogen (secondary N) is 3. The van der Waals surface area contributed by atoms with E-state index in [9.17, 15) is 14.4 Å². The lowest BCUT2D eigenvalue weighted by Gasteiger charge is -2.17. The highest BCUT2D eigenvalue weighted by Crippen LogP contribution is 2.34. The Morgan fingerprint density at radius 1 is 1.24 bits per heavy atom. The molecule has 1 aliphatic carbocycles. The first-order chi connectivity index (χ1) is 13.9. The number of rotatable bonds is 5. The van der Waals surface area contributed by atoms with Crippen molar-refractivity contribution in [2.24, 2.45) is 5.92 Å². The van der Waals surface area contributed by atoms with Crippen LogP contribution in [0.25, 0.3) is 0 Å². The Kier molecular flexibility index (Phi) is 4.82. The van der Waals surface area contributed by atoms with E-state index < -0.39 is 0 Å². The third kappa shape index (κ3) is 3.72. The van der Waals surface area contributed by atoms with Crippen molar-refractivity contribution < 1.29 is 14.4 Å². The second-order valence-electron chi connectivity index (χ2n) is 7.86. The highest BCUT2D eigenvalue weighted by Gasteiger charge is 2.34. The molecule has 1 saturated carbocycles. The average molecular weight is 392 g/mol. The lowest BCUT2D eigenvalue weighted by Crippen LogP contribution is -2.28. The molecule has 1 unspecified atom stereocenters. The highest BCUT2D eigenvalue weighted by molar-refractivity contribution is 6.00. The van der Waals surface area contributed by atoms with Gasteiger partial charge in [0.1, 0.15) is 5.69 Å². The SMILES string of the molecule is CNC(=O)c1cc(C(=O)N[C@H]2C[C@@H]2C)cc(C(C)c2cccc3c2CC(=O)N3)n1. The van der Waals surface area contributed by atoms with Gasteiger partial charge in [-0.3, -0.25) is 14.4 Å². The largest absolute Gasteiger partial charge is 0.354 e. The second-order valence-corrected chi connectivity index (χ2v) is 7.86. The minimum absolute atomic E-state index is 0.0367. The van der Waals surface area contributed by atoms with E-state index in [0.29, 0.717) is 23.6 Å². The van der Waals surface area contributed by atoms with Gasteiger partial charge in [0.2, 0.25) is 5.91 Å². The number of amides is 3. The first-order valence-electron chi connectivity index (χ1n) is 9.84. The molecule has 0 spiro atoms. The molecule has 7 nitrogen and oxygen atoms in total. The van der Waals surface area contributed by atoms with Crippen LogP contribution in [0.4, 0.5) is 5.69 Å². The van der Waals surface area contributed by atoms with Crippen LogP contribution in [0.15, 0.2) is 30.3 Å². The van der Waals surface area contributed by atoms with Gasteiger partial charge in [0, 0.05) is 36.0 Å². The number of hydrogen-bond donors (Lipinski definition) is 3. The van der Waals surface area contributed by atoms with Crippen LogP contribution in [0, 0.1) is 5.92 Å². The Hall–Kier alpha value is -3.22. The molecule has 3 amide bonds. The lowest BCUT2D eigenvalue weighted by atomic mass is 9.90. The molecule has 7 heteroatoms. The van der Waals surface area contributed by atoms with Crippen LogP contribution in [-0.2, 0) is 11.2 Å². The Morgan fingerprint density at radius 2 is 2.00 bits per heavy atom. The van der Waals surface area contributed by atoms with Crippen molar-refractivity contribution in [1.29, 1.82) is 0 Å². The molecule has 4 rings (SSSR count). The molecule has 0 saturated heterocycles. The fraction of sp³-hybridized carbons (Fsp3) is 0.364. The average Bonchev–Trinajstić information content (AvgIpc) is 3.26. The molecule has 3 N–H and O–H groups in total. The molecule has 1 aromatic heterocycles. The third-order valence-electron chi connectivity index (χ3n) is 5.73. The summed E-state index contributed by atoms with van der Waals surface area (Å²) in [6.07, 6.45) is 1.29. The van der Waals surface area contributed by atoms with Gasteiger partial charge in [0.25, 0.3) is 11.8 Å². The van der Waals surface area contributed by atoms with Gasteiger partial charge in [0.15, 0.2) is 0 Å². The Bertz CT molecular complexity index is 1020. The van der Waals surface area contributed by atoms with Gasteiger partial charge in [-0.1, -0.05) is 26.0 Å². The van der Waals surface area contributed by atoms with Gasteiger partial charge in [-0.15, -0.1) is 0 Å². The number of nitrogens with zero attached hydrogens (tertiary/aromatic N) is 1. The van der Waals surface area contributed by atoms with Crippen LogP contribution in [-0.4, -0.2) is 35.8 Å². The van der Waals surface area contributed by atoms with Crippen molar-refractivity contribution in [2.45, 2.75) is 38.6 Å². The van der Waals surface area contributed by atoms with E-state index in [1.54, 1.807) is 6.07 Å². The molecule has 0 bridgehead atoms. The molecular formula is C22H24N4O3. The summed E-state index contributed by atoms with van der Waals surface area (Å²) < 4.78 is 0. The molecule has 3 atom stereocenters. The van der Waals surface area contributed by atoms with Crippen LogP contribution in [0.2, 0.25) is 0 Å². The maximum atomic E-state index is 12.7. The van der Waals surface area contributed by atoms with Crippen LogP contribution in [0.3, 0.4) is 0 Å². The number of carbonyl (C=O) groups is 3. The first-order valence-corrected chi connectivity index (χ1v) is 9.84. The summed E-state index contributed by atoms with van der Waals surface area (Å²) in [5.74, 6) is -0.285. The number of benzene rings is 1. The van der Waals surface area contributed by atoms with E-state index in [1.807, 2.05) is 25.1 Å². The normalized spacial score (nSPS) is 20.4. The van der Waals surface area contributed by atoms with Crippen LogP contribution < -0.4 is 16.0 Å². The van der Waals surface area contributed by atoms with Crippen molar-refractivity contribution in [3.05, 3.63) is 58.4 Å². The van der Waals surface area contributed by atoms with Crippen molar-refractivity contribution in [1.82, 2.24) is 15.6 Å². The molecule has 1 aliphatic heterocycles. The van der Waals surface area contributed by atoms with E-state index in [0.717, 1.165) is 23.2 Å². The summed E-state index contributed by atoms with van der Waals surface area (Å²) in [6, 6.07) is 9.18. The topological polar surface area (TPSA) is 100 Å². The minimum Gasteiger partial charge on any atom is -0.354 e. The van der Waals surface area contributed by atoms with Crippen LogP contribution in [0.5, 0.6) is 0 Å². The molecule has 2 aromatic rings. The fourth-order valence-electron chi connectivity index (χ4n) is 3.76. The fourth-order valence-corrected chi connectivity index (χ4v) is 3.76. The summed E-state index contributed by atoms with van der Waals surface area (Å²) in [6.45, 7) is 4.06. The Balaban J connectivity index is 1.72. The van der Waals surface area contributed by atoms with Gasteiger partial charge in [-0.2, -0.15) is 0 Å². The zero-order valence-electron chi connectivity index (χ0n) is 16.7. The van der Waals surface area contributed by atoms with Crippen molar-refractivity contribution >= 4 is 23.4 Å². The zero-order valence-corrected chi connectivity index (χ0v) is 16.7. The zero-order chi connectivity index (χ0) is 20.7. The maximum absolute atomic E-state index is 12.7. The molecule has 2 heterocycles. The first kappa shape index (κ1) is 19.1. The number of anilines is 1. The van der Waals surface area contributed by atoms with Gasteiger partial charge < -0.3 is 16.0 Å². The lowest BCUT2D eigenvalue weighted by molar-refractivity contribution is -0.115. The summed E-state index contributed by atoms with van der Waals surface area (Å²) in [7, 11) is 1.53. The van der Waals surface area contributed by atoms with E-state index >= 15 is 0 Å². The molecule has 1 aromatic carbocycles. The second kappa shape index (κ2) is 7.31. The van der Waals surface area contributed by atoms with Gasteiger partial charge >= 0.3 is 0 Å². The number of fused-ring (bicyclic) bond motifs is 1. The standard InChI is InChI=1S/C22H24N4O3/c1-11-7-17(11)26-21(28)13-8-18(24-19(9-13)22(29)23-3)12(2)14-5-4-6-16-15(14)10-20(27)25-16/h4-6,8-9,11-12,17H,7,10H2,1-3H3,(H,23,29)(H,25,27)(H,26,28)/t11-,12?,17-/m0/s1. The Morgan fingerprint density at radius 3 is 2.69 bits per heavy atom. The summed E-state index contributed by atoms with van der Waals surface area (Å²) in [5, 5.41) is 8.44. The number of pyridine rings is 1. The van der Waals surface area contributed by atoms with E-state index in [1.165, 1.54) is 13.1 Å². The minimum atomic E-state index is -0.344. The molecule has 2 aliphatic rings. The molecule has 1 fully saturated rings. The number of carbonyl (C=O) groups excluding carboxylic acids is 3. The van der Waals surface area contributed by atoms with E-state index in [-0.39, 0.29) is 35.4 Å². The van der Waals surface area contributed by atoms with Gasteiger partial charge in [-0.05, 0) is 41.7 Å². The van der Waals surface area contributed by atoms with Crippen molar-refractivity contribution in [3.63, 3.8) is 0 Å². The highest BCUT2D eigenvalue weighted by atomic mass is 16.2. The van der Waals surface area contributed by atoms with Crippen LogP contribution in [0.1, 0.15) is 63.9 Å². The predicted octanol–water partition coefficient (Wildman–Crippen LogP) is 2.23. The molecular weight excluding hydrogens is 368 g/mol. The molecule has 29 heavy (non-hydrogen) atoms. The number of hydrogen-bond acceptors (Lipinski definition) is 4. The monoisotopic (exact) mass is 392 g/mol. The summed E-state index contributed by atoms with van der Waals surface area (Å²) >= 11 is 0. The number of aromatic nitrogens is 1. The summed E-state index contributed by atoms with van der Waals surface area (Å²) in [5.41, 5.74) is 3.95. The van der Waals surface area contributed by atoms with Crippen molar-refractivity contribution in [3.8, 4) is 0 Å². The molecule has 150 valence electrons. The molecule has 0 radical (unpaired) electrons. The van der Waals surface area contributed by atoms with Crippen molar-refractivity contribution in [2.75, 3.05) is 12.4 Å². The smallest absolute Gasteiger partial charge is 0.269 e. The van der Waals surface area contributed by atoms with Crippen LogP contribution >= 0.6 is 0 Å². The quantitative estimate of drug-likeness (QED) is 0.726. The Labute approximate surface area is 169 Å². The summed E-state index contributed by atoms with van der Waals surface area (Å²) in [4.78, 5) is 41.3.